The summed E-state index contributed by atoms with van der Waals surface area (Å²) in [6, 6.07) is 5.41. The second kappa shape index (κ2) is 5.47. The fraction of sp³-hybridized carbons (Fsp3) is 0.500. The van der Waals surface area contributed by atoms with Gasteiger partial charge < -0.3 is 15.5 Å². The summed E-state index contributed by atoms with van der Waals surface area (Å²) in [5, 5.41) is 6.91. The normalized spacial score (nSPS) is 19.6. The minimum atomic E-state index is -0.484. The SMILES string of the molecule is CC(C)C(=O)N1CCC2(CC1)NC(=O)c1c(Cl)cccc1N2. The highest BCUT2D eigenvalue weighted by Gasteiger charge is 2.41. The molecule has 6 heteroatoms. The summed E-state index contributed by atoms with van der Waals surface area (Å²) in [5.41, 5.74) is 0.776. The van der Waals surface area contributed by atoms with Crippen LogP contribution in [0.25, 0.3) is 0 Å². The van der Waals surface area contributed by atoms with Crippen molar-refractivity contribution in [2.24, 2.45) is 5.92 Å². The number of piperidine rings is 1. The molecule has 0 bridgehead atoms. The Morgan fingerprint density at radius 3 is 2.59 bits per heavy atom. The lowest BCUT2D eigenvalue weighted by Gasteiger charge is -2.46. The van der Waals surface area contributed by atoms with Crippen LogP contribution in [0.2, 0.25) is 5.02 Å². The predicted octanol–water partition coefficient (Wildman–Crippen LogP) is 2.47. The Balaban J connectivity index is 1.78. The highest BCUT2D eigenvalue weighted by atomic mass is 35.5. The number of amides is 2. The van der Waals surface area contributed by atoms with E-state index in [4.69, 9.17) is 11.6 Å². The molecule has 1 spiro atoms. The summed E-state index contributed by atoms with van der Waals surface area (Å²) in [7, 11) is 0. The van der Waals surface area contributed by atoms with E-state index in [1.807, 2.05) is 30.9 Å². The van der Waals surface area contributed by atoms with Gasteiger partial charge in [0.05, 0.1) is 16.3 Å². The van der Waals surface area contributed by atoms with Crippen molar-refractivity contribution in [1.29, 1.82) is 0 Å². The second-order valence-electron chi connectivity index (χ2n) is 6.30. The second-order valence-corrected chi connectivity index (χ2v) is 6.71. The molecular weight excluding hydrogens is 302 g/mol. The largest absolute Gasteiger partial charge is 0.362 e. The molecule has 0 saturated carbocycles. The number of hydrogen-bond donors (Lipinski definition) is 2. The van der Waals surface area contributed by atoms with E-state index >= 15 is 0 Å². The van der Waals surface area contributed by atoms with Crippen LogP contribution in [-0.2, 0) is 4.79 Å². The topological polar surface area (TPSA) is 61.4 Å². The zero-order chi connectivity index (χ0) is 15.9. The molecule has 118 valence electrons. The van der Waals surface area contributed by atoms with Crippen molar-refractivity contribution < 1.29 is 9.59 Å². The number of nitrogens with zero attached hydrogens (tertiary/aromatic N) is 1. The van der Waals surface area contributed by atoms with Crippen molar-refractivity contribution in [3.8, 4) is 0 Å². The van der Waals surface area contributed by atoms with Gasteiger partial charge >= 0.3 is 0 Å². The average molecular weight is 322 g/mol. The molecule has 3 rings (SSSR count). The van der Waals surface area contributed by atoms with Crippen molar-refractivity contribution >= 4 is 29.1 Å². The molecule has 0 aliphatic carbocycles. The van der Waals surface area contributed by atoms with E-state index in [9.17, 15) is 9.59 Å². The number of hydrogen-bond acceptors (Lipinski definition) is 3. The van der Waals surface area contributed by atoms with Crippen LogP contribution in [0.3, 0.4) is 0 Å². The van der Waals surface area contributed by atoms with Gasteiger partial charge in [-0.15, -0.1) is 0 Å². The number of halogens is 1. The van der Waals surface area contributed by atoms with Crippen molar-refractivity contribution in [3.05, 3.63) is 28.8 Å². The minimum absolute atomic E-state index is 0.00230. The maximum absolute atomic E-state index is 12.4. The molecule has 22 heavy (non-hydrogen) atoms. The number of carbonyl (C=O) groups is 2. The van der Waals surface area contributed by atoms with E-state index in [1.165, 1.54) is 0 Å². The smallest absolute Gasteiger partial charge is 0.256 e. The molecule has 2 aliphatic rings. The molecule has 1 saturated heterocycles. The van der Waals surface area contributed by atoms with Crippen molar-refractivity contribution in [3.63, 3.8) is 0 Å². The van der Waals surface area contributed by atoms with Crippen LogP contribution in [0.5, 0.6) is 0 Å². The van der Waals surface area contributed by atoms with Gasteiger partial charge in [0, 0.05) is 31.8 Å². The van der Waals surface area contributed by atoms with Crippen LogP contribution < -0.4 is 10.6 Å². The predicted molar refractivity (Wildman–Crippen MR) is 85.9 cm³/mol. The summed E-state index contributed by atoms with van der Waals surface area (Å²) in [5.74, 6) is 0.0194. The van der Waals surface area contributed by atoms with E-state index < -0.39 is 5.66 Å². The number of benzene rings is 1. The van der Waals surface area contributed by atoms with E-state index in [1.54, 1.807) is 6.07 Å². The number of carbonyl (C=O) groups excluding carboxylic acids is 2. The van der Waals surface area contributed by atoms with Crippen LogP contribution in [-0.4, -0.2) is 35.5 Å². The average Bonchev–Trinajstić information content (AvgIpc) is 2.46. The van der Waals surface area contributed by atoms with E-state index in [2.05, 4.69) is 10.6 Å². The van der Waals surface area contributed by atoms with Gasteiger partial charge in [-0.2, -0.15) is 0 Å². The van der Waals surface area contributed by atoms with Gasteiger partial charge in [-0.3, -0.25) is 9.59 Å². The molecule has 5 nitrogen and oxygen atoms in total. The molecule has 1 aromatic rings. The first-order valence-corrected chi connectivity index (χ1v) is 7.98. The molecule has 2 N–H and O–H groups in total. The van der Waals surface area contributed by atoms with E-state index in [0.29, 0.717) is 36.5 Å². The molecule has 0 unspecified atom stereocenters. The zero-order valence-corrected chi connectivity index (χ0v) is 13.5. The number of rotatable bonds is 1. The fourth-order valence-electron chi connectivity index (χ4n) is 3.15. The molecule has 0 aromatic heterocycles. The van der Waals surface area contributed by atoms with Crippen LogP contribution in [0.4, 0.5) is 5.69 Å². The lowest BCUT2D eigenvalue weighted by atomic mass is 9.92. The van der Waals surface area contributed by atoms with Gasteiger partial charge in [-0.05, 0) is 12.1 Å². The molecule has 2 amide bonds. The number of anilines is 1. The van der Waals surface area contributed by atoms with Crippen LogP contribution >= 0.6 is 11.6 Å². The first-order valence-electron chi connectivity index (χ1n) is 7.60. The Kier molecular flexibility index (Phi) is 3.77. The monoisotopic (exact) mass is 321 g/mol. The van der Waals surface area contributed by atoms with Crippen LogP contribution in [0, 0.1) is 5.92 Å². The molecule has 1 fully saturated rings. The summed E-state index contributed by atoms with van der Waals surface area (Å²) >= 11 is 6.11. The van der Waals surface area contributed by atoms with Gasteiger partial charge in [0.15, 0.2) is 0 Å². The van der Waals surface area contributed by atoms with E-state index in [-0.39, 0.29) is 17.7 Å². The lowest BCUT2D eigenvalue weighted by Crippen LogP contribution is -2.63. The third-order valence-electron chi connectivity index (χ3n) is 4.39. The molecule has 0 atom stereocenters. The van der Waals surface area contributed by atoms with Gasteiger partial charge in [-0.1, -0.05) is 31.5 Å². The summed E-state index contributed by atoms with van der Waals surface area (Å²) in [6.07, 6.45) is 1.37. The lowest BCUT2D eigenvalue weighted by molar-refractivity contribution is -0.136. The fourth-order valence-corrected chi connectivity index (χ4v) is 3.41. The third kappa shape index (κ3) is 2.54. The maximum atomic E-state index is 12.4. The zero-order valence-electron chi connectivity index (χ0n) is 12.8. The molecular formula is C16H20ClN3O2. The van der Waals surface area contributed by atoms with Gasteiger partial charge in [0.25, 0.3) is 5.91 Å². The van der Waals surface area contributed by atoms with Crippen LogP contribution in [0.15, 0.2) is 18.2 Å². The minimum Gasteiger partial charge on any atom is -0.362 e. The molecule has 0 radical (unpaired) electrons. The Morgan fingerprint density at radius 2 is 1.95 bits per heavy atom. The maximum Gasteiger partial charge on any atom is 0.256 e. The molecule has 2 heterocycles. The summed E-state index contributed by atoms with van der Waals surface area (Å²) < 4.78 is 0. The standard InChI is InChI=1S/C16H20ClN3O2/c1-10(2)15(22)20-8-6-16(7-9-20)18-12-5-3-4-11(17)13(12)14(21)19-16/h3-5,10,18H,6-9H2,1-2H3,(H,19,21). The highest BCUT2D eigenvalue weighted by Crippen LogP contribution is 2.34. The van der Waals surface area contributed by atoms with Gasteiger partial charge in [0.2, 0.25) is 5.91 Å². The Morgan fingerprint density at radius 1 is 1.27 bits per heavy atom. The summed E-state index contributed by atoms with van der Waals surface area (Å²) in [4.78, 5) is 26.3. The number of likely N-dealkylation sites (tertiary alicyclic amines) is 1. The van der Waals surface area contributed by atoms with Crippen molar-refractivity contribution in [1.82, 2.24) is 10.2 Å². The van der Waals surface area contributed by atoms with Gasteiger partial charge in [0.1, 0.15) is 5.66 Å². The number of fused-ring (bicyclic) bond motifs is 1. The first-order chi connectivity index (χ1) is 10.4. The third-order valence-corrected chi connectivity index (χ3v) is 4.70. The first kappa shape index (κ1) is 15.2. The Bertz CT molecular complexity index is 622. The van der Waals surface area contributed by atoms with Crippen molar-refractivity contribution in [2.45, 2.75) is 32.4 Å². The number of nitrogens with one attached hydrogen (secondary N) is 2. The highest BCUT2D eigenvalue weighted by molar-refractivity contribution is 6.34. The molecule has 1 aromatic carbocycles. The van der Waals surface area contributed by atoms with E-state index in [0.717, 1.165) is 5.69 Å². The summed E-state index contributed by atoms with van der Waals surface area (Å²) in [6.45, 7) is 5.09. The molecule has 2 aliphatic heterocycles. The Hall–Kier alpha value is -1.75. The Labute approximate surface area is 135 Å². The van der Waals surface area contributed by atoms with Gasteiger partial charge in [-0.25, -0.2) is 0 Å². The van der Waals surface area contributed by atoms with Crippen LogP contribution in [0.1, 0.15) is 37.0 Å². The van der Waals surface area contributed by atoms with Crippen molar-refractivity contribution in [2.75, 3.05) is 18.4 Å². The quantitative estimate of drug-likeness (QED) is 0.835.